The summed E-state index contributed by atoms with van der Waals surface area (Å²) in [5.41, 5.74) is 0.724. The SMILES string of the molecule is CCOc1cccc2oc(OC(F)F)nc12. The highest BCUT2D eigenvalue weighted by atomic mass is 19.3. The Hall–Kier alpha value is -1.85. The molecule has 0 aliphatic rings. The molecule has 0 spiro atoms. The molecule has 4 nitrogen and oxygen atoms in total. The molecule has 1 aromatic heterocycles. The zero-order valence-corrected chi connectivity index (χ0v) is 8.44. The number of hydrogen-bond acceptors (Lipinski definition) is 4. The van der Waals surface area contributed by atoms with E-state index in [1.165, 1.54) is 0 Å². The van der Waals surface area contributed by atoms with Crippen LogP contribution in [0.3, 0.4) is 0 Å². The van der Waals surface area contributed by atoms with Gasteiger partial charge in [-0.05, 0) is 19.1 Å². The van der Waals surface area contributed by atoms with Crippen LogP contribution in [0.15, 0.2) is 22.6 Å². The zero-order valence-electron chi connectivity index (χ0n) is 8.44. The molecule has 86 valence electrons. The molecular formula is C10H9F2NO3. The molecule has 1 aromatic carbocycles. The average Bonchev–Trinajstić information content (AvgIpc) is 2.60. The van der Waals surface area contributed by atoms with E-state index in [2.05, 4.69) is 9.72 Å². The highest BCUT2D eigenvalue weighted by Crippen LogP contribution is 2.29. The molecule has 16 heavy (non-hydrogen) atoms. The first-order valence-electron chi connectivity index (χ1n) is 4.68. The maximum Gasteiger partial charge on any atom is 0.399 e. The Kier molecular flexibility index (Phi) is 2.89. The topological polar surface area (TPSA) is 44.5 Å². The molecule has 0 atom stereocenters. The Bertz CT molecular complexity index is 484. The van der Waals surface area contributed by atoms with Crippen molar-refractivity contribution in [2.75, 3.05) is 6.61 Å². The van der Waals surface area contributed by atoms with E-state index >= 15 is 0 Å². The van der Waals surface area contributed by atoms with E-state index in [4.69, 9.17) is 9.15 Å². The Balaban J connectivity index is 2.40. The van der Waals surface area contributed by atoms with Crippen molar-refractivity contribution >= 4 is 11.1 Å². The van der Waals surface area contributed by atoms with E-state index in [0.717, 1.165) is 0 Å². The highest BCUT2D eigenvalue weighted by molar-refractivity contribution is 5.80. The predicted molar refractivity (Wildman–Crippen MR) is 51.8 cm³/mol. The lowest BCUT2D eigenvalue weighted by molar-refractivity contribution is -0.0664. The van der Waals surface area contributed by atoms with Gasteiger partial charge in [-0.15, -0.1) is 0 Å². The van der Waals surface area contributed by atoms with Crippen molar-refractivity contribution in [3.63, 3.8) is 0 Å². The summed E-state index contributed by atoms with van der Waals surface area (Å²) in [4.78, 5) is 3.78. The number of halogens is 2. The van der Waals surface area contributed by atoms with Crippen LogP contribution >= 0.6 is 0 Å². The second-order valence-corrected chi connectivity index (χ2v) is 2.89. The summed E-state index contributed by atoms with van der Waals surface area (Å²) in [6.07, 6.45) is -0.461. The van der Waals surface area contributed by atoms with Gasteiger partial charge in [0.05, 0.1) is 6.61 Å². The van der Waals surface area contributed by atoms with Gasteiger partial charge in [-0.25, -0.2) is 0 Å². The van der Waals surface area contributed by atoms with Gasteiger partial charge < -0.3 is 13.9 Å². The fraction of sp³-hybridized carbons (Fsp3) is 0.300. The van der Waals surface area contributed by atoms with Crippen molar-refractivity contribution in [1.29, 1.82) is 0 Å². The Labute approximate surface area is 89.8 Å². The number of benzene rings is 1. The van der Waals surface area contributed by atoms with E-state index in [0.29, 0.717) is 23.5 Å². The minimum atomic E-state index is -2.95. The van der Waals surface area contributed by atoms with Crippen LogP contribution < -0.4 is 9.47 Å². The minimum absolute atomic E-state index is 0.349. The van der Waals surface area contributed by atoms with Crippen LogP contribution in [-0.2, 0) is 0 Å². The molecule has 0 aliphatic carbocycles. The van der Waals surface area contributed by atoms with E-state index < -0.39 is 12.7 Å². The first kappa shape index (κ1) is 10.7. The van der Waals surface area contributed by atoms with Gasteiger partial charge in [-0.2, -0.15) is 13.8 Å². The van der Waals surface area contributed by atoms with Crippen LogP contribution in [0.2, 0.25) is 0 Å². The molecule has 0 bridgehead atoms. The van der Waals surface area contributed by atoms with Crippen molar-refractivity contribution in [3.8, 4) is 11.8 Å². The Morgan fingerprint density at radius 3 is 2.94 bits per heavy atom. The molecule has 1 heterocycles. The smallest absolute Gasteiger partial charge is 0.399 e. The summed E-state index contributed by atoms with van der Waals surface area (Å²) in [7, 11) is 0. The standard InChI is InChI=1S/C10H9F2NO3/c1-2-14-6-4-3-5-7-8(6)13-10(15-7)16-9(11)12/h3-5,9H,2H2,1H3. The maximum absolute atomic E-state index is 11.9. The molecule has 0 amide bonds. The largest absolute Gasteiger partial charge is 0.491 e. The number of rotatable bonds is 4. The molecule has 6 heteroatoms. The second-order valence-electron chi connectivity index (χ2n) is 2.89. The van der Waals surface area contributed by atoms with Gasteiger partial charge in [0.2, 0.25) is 0 Å². The number of nitrogens with zero attached hydrogens (tertiary/aromatic N) is 1. The summed E-state index contributed by atoms with van der Waals surface area (Å²) in [6.45, 7) is -0.685. The Morgan fingerprint density at radius 1 is 1.44 bits per heavy atom. The monoisotopic (exact) mass is 229 g/mol. The molecule has 2 aromatic rings. The molecule has 0 saturated carbocycles. The third-order valence-electron chi connectivity index (χ3n) is 1.85. The highest BCUT2D eigenvalue weighted by Gasteiger charge is 2.14. The predicted octanol–water partition coefficient (Wildman–Crippen LogP) is 2.83. The molecule has 2 rings (SSSR count). The number of aromatic nitrogens is 1. The fourth-order valence-electron chi connectivity index (χ4n) is 1.30. The summed E-state index contributed by atoms with van der Waals surface area (Å²) in [6, 6.07) is 4.97. The summed E-state index contributed by atoms with van der Waals surface area (Å²) in [5.74, 6) is 0.480. The lowest BCUT2D eigenvalue weighted by atomic mass is 10.3. The fourth-order valence-corrected chi connectivity index (χ4v) is 1.30. The molecule has 0 saturated heterocycles. The van der Waals surface area contributed by atoms with Crippen molar-refractivity contribution in [3.05, 3.63) is 18.2 Å². The summed E-state index contributed by atoms with van der Waals surface area (Å²) < 4.78 is 38.2. The van der Waals surface area contributed by atoms with Crippen molar-refractivity contribution in [1.82, 2.24) is 4.98 Å². The van der Waals surface area contributed by atoms with Crippen LogP contribution in [0, 0.1) is 0 Å². The molecule has 0 aliphatic heterocycles. The lowest BCUT2D eigenvalue weighted by Gasteiger charge is -2.00. The minimum Gasteiger partial charge on any atom is -0.491 e. The van der Waals surface area contributed by atoms with Crippen LogP contribution in [0.25, 0.3) is 11.1 Å². The van der Waals surface area contributed by atoms with E-state index in [-0.39, 0.29) is 0 Å². The third kappa shape index (κ3) is 2.05. The number of alkyl halides is 2. The normalized spacial score (nSPS) is 11.0. The van der Waals surface area contributed by atoms with Crippen molar-refractivity contribution < 1.29 is 22.7 Å². The van der Waals surface area contributed by atoms with Crippen LogP contribution in [-0.4, -0.2) is 18.2 Å². The van der Waals surface area contributed by atoms with Gasteiger partial charge in [0.25, 0.3) is 0 Å². The zero-order chi connectivity index (χ0) is 11.5. The third-order valence-corrected chi connectivity index (χ3v) is 1.85. The average molecular weight is 229 g/mol. The van der Waals surface area contributed by atoms with Gasteiger partial charge >= 0.3 is 12.7 Å². The van der Waals surface area contributed by atoms with E-state index in [1.807, 2.05) is 6.92 Å². The number of para-hydroxylation sites is 1. The van der Waals surface area contributed by atoms with E-state index in [1.54, 1.807) is 18.2 Å². The molecule has 0 radical (unpaired) electrons. The molecular weight excluding hydrogens is 220 g/mol. The summed E-state index contributed by atoms with van der Waals surface area (Å²) in [5, 5.41) is 0. The van der Waals surface area contributed by atoms with Gasteiger partial charge in [0.15, 0.2) is 11.1 Å². The van der Waals surface area contributed by atoms with Crippen LogP contribution in [0.1, 0.15) is 6.92 Å². The first-order valence-corrected chi connectivity index (χ1v) is 4.68. The van der Waals surface area contributed by atoms with Crippen molar-refractivity contribution in [2.24, 2.45) is 0 Å². The number of oxazole rings is 1. The lowest BCUT2D eigenvalue weighted by Crippen LogP contribution is -2.01. The quantitative estimate of drug-likeness (QED) is 0.808. The molecule has 0 unspecified atom stereocenters. The van der Waals surface area contributed by atoms with Gasteiger partial charge in [0.1, 0.15) is 5.75 Å². The summed E-state index contributed by atoms with van der Waals surface area (Å²) >= 11 is 0. The van der Waals surface area contributed by atoms with E-state index in [9.17, 15) is 8.78 Å². The van der Waals surface area contributed by atoms with Crippen molar-refractivity contribution in [2.45, 2.75) is 13.5 Å². The van der Waals surface area contributed by atoms with Crippen LogP contribution in [0.5, 0.6) is 11.8 Å². The van der Waals surface area contributed by atoms with Gasteiger partial charge in [-0.1, -0.05) is 6.07 Å². The van der Waals surface area contributed by atoms with Crippen LogP contribution in [0.4, 0.5) is 8.78 Å². The Morgan fingerprint density at radius 2 is 2.25 bits per heavy atom. The molecule has 0 fully saturated rings. The second kappa shape index (κ2) is 4.34. The van der Waals surface area contributed by atoms with Gasteiger partial charge in [-0.3, -0.25) is 0 Å². The molecule has 0 N–H and O–H groups in total. The number of ether oxygens (including phenoxy) is 2. The maximum atomic E-state index is 11.9. The first-order chi connectivity index (χ1) is 7.70. The van der Waals surface area contributed by atoms with Gasteiger partial charge in [0, 0.05) is 0 Å². The number of fused-ring (bicyclic) bond motifs is 1. The number of hydrogen-bond donors (Lipinski definition) is 0.